The lowest BCUT2D eigenvalue weighted by Gasteiger charge is -2.25. The van der Waals surface area contributed by atoms with Gasteiger partial charge in [-0.1, -0.05) is 49.4 Å². The molecule has 1 fully saturated rings. The highest BCUT2D eigenvalue weighted by molar-refractivity contribution is 8.01. The first-order chi connectivity index (χ1) is 13.6. The van der Waals surface area contributed by atoms with E-state index in [9.17, 15) is 8.42 Å². The number of nitrogens with zero attached hydrogens (tertiary/aromatic N) is 1. The first kappa shape index (κ1) is 18.2. The fourth-order valence-corrected chi connectivity index (χ4v) is 7.73. The highest BCUT2D eigenvalue weighted by Gasteiger charge is 2.38. The summed E-state index contributed by atoms with van der Waals surface area (Å²) in [6.07, 6.45) is 3.07. The zero-order valence-electron chi connectivity index (χ0n) is 15.9. The van der Waals surface area contributed by atoms with Gasteiger partial charge in [0.15, 0.2) is 0 Å². The summed E-state index contributed by atoms with van der Waals surface area (Å²) in [7, 11) is -3.52. The van der Waals surface area contributed by atoms with Crippen LogP contribution in [0.1, 0.15) is 34.6 Å². The number of rotatable bonds is 4. The van der Waals surface area contributed by atoms with Gasteiger partial charge in [0.2, 0.25) is 10.0 Å². The van der Waals surface area contributed by atoms with Crippen molar-refractivity contribution in [3.05, 3.63) is 76.9 Å². The van der Waals surface area contributed by atoms with Gasteiger partial charge >= 0.3 is 0 Å². The first-order valence-electron chi connectivity index (χ1n) is 9.85. The fraction of sp³-hybridized carbons (Fsp3) is 0.304. The third-order valence-electron chi connectivity index (χ3n) is 5.96. The minimum Gasteiger partial charge on any atom is -0.207 e. The van der Waals surface area contributed by atoms with Crippen LogP contribution in [-0.4, -0.2) is 25.0 Å². The van der Waals surface area contributed by atoms with E-state index in [2.05, 4.69) is 37.3 Å². The highest BCUT2D eigenvalue weighted by atomic mass is 32.2. The number of sulfonamides is 1. The Kier molecular flexibility index (Phi) is 4.49. The van der Waals surface area contributed by atoms with Gasteiger partial charge in [0.25, 0.3) is 0 Å². The smallest absolute Gasteiger partial charge is 0.207 e. The summed E-state index contributed by atoms with van der Waals surface area (Å²) in [5, 5.41) is 2.39. The van der Waals surface area contributed by atoms with Gasteiger partial charge in [0.05, 0.1) is 10.3 Å². The molecule has 28 heavy (non-hydrogen) atoms. The van der Waals surface area contributed by atoms with Crippen molar-refractivity contribution in [3.63, 3.8) is 0 Å². The molecule has 1 aliphatic heterocycles. The Morgan fingerprint density at radius 2 is 1.75 bits per heavy atom. The van der Waals surface area contributed by atoms with Crippen LogP contribution in [0.25, 0.3) is 10.8 Å². The van der Waals surface area contributed by atoms with Crippen molar-refractivity contribution in [2.24, 2.45) is 0 Å². The van der Waals surface area contributed by atoms with E-state index in [-0.39, 0.29) is 5.37 Å². The molecule has 3 nitrogen and oxygen atoms in total. The Balaban J connectivity index is 1.59. The van der Waals surface area contributed by atoms with Crippen LogP contribution >= 0.6 is 11.8 Å². The molecule has 0 amide bonds. The zero-order chi connectivity index (χ0) is 19.3. The SMILES string of the molecule is CCc1ccc(S(=O)(=O)N2CCS[C@H]2c2ccc3c4c(cccc24)CC3)cc1. The Morgan fingerprint density at radius 3 is 2.50 bits per heavy atom. The van der Waals surface area contributed by atoms with E-state index < -0.39 is 10.0 Å². The maximum absolute atomic E-state index is 13.4. The molecule has 3 aromatic rings. The molecule has 1 heterocycles. The van der Waals surface area contributed by atoms with Crippen molar-refractivity contribution >= 4 is 32.6 Å². The fourth-order valence-electron chi connectivity index (χ4n) is 4.46. The number of hydrogen-bond donors (Lipinski definition) is 0. The molecule has 0 radical (unpaired) electrons. The maximum Gasteiger partial charge on any atom is 0.244 e. The van der Waals surface area contributed by atoms with Crippen molar-refractivity contribution in [1.82, 2.24) is 4.31 Å². The third-order valence-corrected chi connectivity index (χ3v) is 9.22. The number of aryl methyl sites for hydroxylation is 3. The molecule has 0 spiro atoms. The minimum atomic E-state index is -3.52. The topological polar surface area (TPSA) is 37.4 Å². The van der Waals surface area contributed by atoms with Crippen LogP contribution in [0.15, 0.2) is 59.5 Å². The van der Waals surface area contributed by atoms with E-state index in [4.69, 9.17) is 0 Å². The van der Waals surface area contributed by atoms with Crippen molar-refractivity contribution in [2.75, 3.05) is 12.3 Å². The lowest BCUT2D eigenvalue weighted by Crippen LogP contribution is -2.30. The van der Waals surface area contributed by atoms with Gasteiger partial charge in [-0.15, -0.1) is 11.8 Å². The summed E-state index contributed by atoms with van der Waals surface area (Å²) in [5.74, 6) is 0.819. The average molecular weight is 410 g/mol. The Bertz CT molecular complexity index is 1140. The Hall–Kier alpha value is -1.82. The number of thioether (sulfide) groups is 1. The summed E-state index contributed by atoms with van der Waals surface area (Å²) in [5.41, 5.74) is 5.06. The highest BCUT2D eigenvalue weighted by Crippen LogP contribution is 2.45. The van der Waals surface area contributed by atoms with Gasteiger partial charge in [-0.3, -0.25) is 0 Å². The normalized spacial score (nSPS) is 19.5. The number of hydrogen-bond acceptors (Lipinski definition) is 3. The molecule has 1 saturated heterocycles. The molecular formula is C23H23NO2S2. The van der Waals surface area contributed by atoms with E-state index in [0.29, 0.717) is 11.4 Å². The molecule has 0 bridgehead atoms. The van der Waals surface area contributed by atoms with Crippen molar-refractivity contribution in [3.8, 4) is 0 Å². The monoisotopic (exact) mass is 409 g/mol. The molecule has 0 N–H and O–H groups in total. The van der Waals surface area contributed by atoms with Crippen LogP contribution in [0.5, 0.6) is 0 Å². The van der Waals surface area contributed by atoms with Gasteiger partial charge in [0.1, 0.15) is 0 Å². The van der Waals surface area contributed by atoms with Gasteiger partial charge < -0.3 is 0 Å². The molecule has 144 valence electrons. The van der Waals surface area contributed by atoms with E-state index >= 15 is 0 Å². The van der Waals surface area contributed by atoms with Crippen molar-refractivity contribution in [1.29, 1.82) is 0 Å². The maximum atomic E-state index is 13.4. The molecule has 1 aliphatic carbocycles. The quantitative estimate of drug-likeness (QED) is 0.613. The summed E-state index contributed by atoms with van der Waals surface area (Å²) in [6.45, 7) is 2.63. The molecule has 5 rings (SSSR count). The largest absolute Gasteiger partial charge is 0.244 e. The van der Waals surface area contributed by atoms with E-state index in [0.717, 1.165) is 36.1 Å². The molecule has 0 aromatic heterocycles. The van der Waals surface area contributed by atoms with E-state index in [1.165, 1.54) is 21.9 Å². The predicted molar refractivity (Wildman–Crippen MR) is 116 cm³/mol. The molecule has 3 aromatic carbocycles. The lowest BCUT2D eigenvalue weighted by atomic mass is 10.00. The predicted octanol–water partition coefficient (Wildman–Crippen LogP) is 4.94. The molecule has 0 saturated carbocycles. The molecule has 5 heteroatoms. The van der Waals surface area contributed by atoms with Crippen LogP contribution in [0.4, 0.5) is 0 Å². The van der Waals surface area contributed by atoms with Crippen LogP contribution in [0.2, 0.25) is 0 Å². The van der Waals surface area contributed by atoms with Gasteiger partial charge in [-0.2, -0.15) is 4.31 Å². The third kappa shape index (κ3) is 2.79. The second-order valence-corrected chi connectivity index (χ2v) is 10.6. The first-order valence-corrected chi connectivity index (χ1v) is 12.3. The van der Waals surface area contributed by atoms with E-state index in [1.54, 1.807) is 28.2 Å². The van der Waals surface area contributed by atoms with Crippen LogP contribution in [0.3, 0.4) is 0 Å². The van der Waals surface area contributed by atoms with Crippen molar-refractivity contribution in [2.45, 2.75) is 36.5 Å². The summed E-state index contributed by atoms with van der Waals surface area (Å²) >= 11 is 1.73. The molecule has 1 atom stereocenters. The second-order valence-electron chi connectivity index (χ2n) is 7.49. The zero-order valence-corrected chi connectivity index (χ0v) is 17.5. The van der Waals surface area contributed by atoms with Gasteiger partial charge in [0, 0.05) is 12.3 Å². The van der Waals surface area contributed by atoms with Gasteiger partial charge in [-0.05, 0) is 64.4 Å². The van der Waals surface area contributed by atoms with Gasteiger partial charge in [-0.25, -0.2) is 8.42 Å². The van der Waals surface area contributed by atoms with Crippen LogP contribution in [0, 0.1) is 0 Å². The second kappa shape index (κ2) is 6.90. The summed E-state index contributed by atoms with van der Waals surface area (Å²) < 4.78 is 28.5. The molecule has 0 unspecified atom stereocenters. The van der Waals surface area contributed by atoms with Crippen LogP contribution in [-0.2, 0) is 29.3 Å². The summed E-state index contributed by atoms with van der Waals surface area (Å²) in [4.78, 5) is 0.392. The Labute approximate surface area is 170 Å². The van der Waals surface area contributed by atoms with Crippen molar-refractivity contribution < 1.29 is 8.42 Å². The molecule has 2 aliphatic rings. The Morgan fingerprint density at radius 1 is 1.00 bits per heavy atom. The minimum absolute atomic E-state index is 0.166. The molecular weight excluding hydrogens is 386 g/mol. The summed E-state index contributed by atoms with van der Waals surface area (Å²) in [6, 6.07) is 18.2. The standard InChI is InChI=1S/C23H23NO2S2/c1-2-16-6-11-19(12-7-16)28(25,26)24-14-15-27-23(24)21-13-10-18-9-8-17-4-3-5-20(21)22(17)18/h3-7,10-13,23H,2,8-9,14-15H2,1H3/t23-/m0/s1. The van der Waals surface area contributed by atoms with E-state index in [1.807, 2.05) is 12.1 Å². The number of benzene rings is 3. The lowest BCUT2D eigenvalue weighted by molar-refractivity contribution is 0.435. The average Bonchev–Trinajstić information content (AvgIpc) is 3.37. The van der Waals surface area contributed by atoms with Crippen LogP contribution < -0.4 is 0 Å².